The van der Waals surface area contributed by atoms with Crippen LogP contribution in [0.15, 0.2) is 29.3 Å². The fraction of sp³-hybridized carbons (Fsp3) is 0.400. The van der Waals surface area contributed by atoms with Gasteiger partial charge in [-0.05, 0) is 38.5 Å². The zero-order chi connectivity index (χ0) is 16.0. The van der Waals surface area contributed by atoms with Crippen LogP contribution in [0.2, 0.25) is 0 Å². The van der Waals surface area contributed by atoms with Crippen molar-refractivity contribution in [3.8, 4) is 5.75 Å². The number of methoxy groups -OCH3 is 1. The van der Waals surface area contributed by atoms with Gasteiger partial charge in [0.1, 0.15) is 17.1 Å². The molecule has 0 aliphatic rings. The molecule has 1 aromatic carbocycles. The highest BCUT2D eigenvalue weighted by Crippen LogP contribution is 2.13. The molecule has 6 nitrogen and oxygen atoms in total. The highest BCUT2D eigenvalue weighted by Gasteiger charge is 2.19. The summed E-state index contributed by atoms with van der Waals surface area (Å²) in [6.07, 6.45) is -0.802. The maximum Gasteiger partial charge on any atom is 0.434 e. The second-order valence-corrected chi connectivity index (χ2v) is 5.38. The Morgan fingerprint density at radius 1 is 1.29 bits per heavy atom. The van der Waals surface area contributed by atoms with Crippen molar-refractivity contribution in [1.29, 1.82) is 0 Å². The van der Waals surface area contributed by atoms with Crippen LogP contribution in [-0.4, -0.2) is 35.6 Å². The molecule has 0 aliphatic carbocycles. The second-order valence-electron chi connectivity index (χ2n) is 5.38. The third-order valence-electron chi connectivity index (χ3n) is 2.32. The highest BCUT2D eigenvalue weighted by molar-refractivity contribution is 6.38. The number of hydrogen-bond acceptors (Lipinski definition) is 5. The first-order valence-electron chi connectivity index (χ1n) is 6.38. The number of carbonyl (C=O) groups excluding carboxylic acids is 2. The van der Waals surface area contributed by atoms with Gasteiger partial charge in [0, 0.05) is 6.42 Å². The Hall–Kier alpha value is -2.37. The standard InChI is InChI=1S/C15H19NO5/c1-15(2,3)21-14(19)16-12(13(18)20-4)9-10-6-5-7-11(17)8-10/h5-8,17H,9H2,1-4H3. The van der Waals surface area contributed by atoms with E-state index in [2.05, 4.69) is 9.73 Å². The number of phenolic OH excluding ortho intramolecular Hbond substituents is 1. The van der Waals surface area contributed by atoms with Crippen LogP contribution >= 0.6 is 0 Å². The molecule has 1 N–H and O–H groups in total. The van der Waals surface area contributed by atoms with Crippen LogP contribution in [0.1, 0.15) is 26.3 Å². The van der Waals surface area contributed by atoms with Gasteiger partial charge in [-0.2, -0.15) is 4.99 Å². The quantitative estimate of drug-likeness (QED) is 0.683. The summed E-state index contributed by atoms with van der Waals surface area (Å²) in [7, 11) is 1.20. The molecular weight excluding hydrogens is 274 g/mol. The Kier molecular flexibility index (Phi) is 5.46. The van der Waals surface area contributed by atoms with Gasteiger partial charge in [-0.25, -0.2) is 9.59 Å². The summed E-state index contributed by atoms with van der Waals surface area (Å²) in [5.74, 6) is -0.654. The smallest absolute Gasteiger partial charge is 0.434 e. The van der Waals surface area contributed by atoms with Crippen molar-refractivity contribution in [2.75, 3.05) is 7.11 Å². The first-order valence-corrected chi connectivity index (χ1v) is 6.38. The highest BCUT2D eigenvalue weighted by atomic mass is 16.6. The fourth-order valence-corrected chi connectivity index (χ4v) is 1.53. The first kappa shape index (κ1) is 16.7. The Morgan fingerprint density at radius 3 is 2.48 bits per heavy atom. The van der Waals surface area contributed by atoms with E-state index < -0.39 is 17.7 Å². The van der Waals surface area contributed by atoms with Crippen molar-refractivity contribution >= 4 is 17.8 Å². The van der Waals surface area contributed by atoms with E-state index in [0.717, 1.165) is 0 Å². The Bertz CT molecular complexity index is 557. The molecule has 0 aromatic heterocycles. The number of nitrogens with zero attached hydrogens (tertiary/aromatic N) is 1. The molecule has 0 spiro atoms. The van der Waals surface area contributed by atoms with Gasteiger partial charge in [-0.3, -0.25) is 0 Å². The van der Waals surface area contributed by atoms with Gasteiger partial charge in [-0.15, -0.1) is 0 Å². The number of rotatable bonds is 3. The van der Waals surface area contributed by atoms with E-state index >= 15 is 0 Å². The molecule has 114 valence electrons. The van der Waals surface area contributed by atoms with Crippen LogP contribution in [0.3, 0.4) is 0 Å². The van der Waals surface area contributed by atoms with Crippen molar-refractivity contribution in [3.05, 3.63) is 29.8 Å². The molecule has 0 unspecified atom stereocenters. The number of aliphatic imine (C=N–C) groups is 1. The van der Waals surface area contributed by atoms with E-state index in [1.807, 2.05) is 0 Å². The van der Waals surface area contributed by atoms with Crippen molar-refractivity contribution in [2.24, 2.45) is 4.99 Å². The van der Waals surface area contributed by atoms with Crippen molar-refractivity contribution < 1.29 is 24.2 Å². The molecule has 21 heavy (non-hydrogen) atoms. The van der Waals surface area contributed by atoms with Crippen LogP contribution in [-0.2, 0) is 20.7 Å². The lowest BCUT2D eigenvalue weighted by Crippen LogP contribution is -2.25. The molecule has 0 fully saturated rings. The Balaban J connectivity index is 2.96. The third kappa shape index (κ3) is 6.07. The minimum absolute atomic E-state index is 0.0559. The first-order chi connectivity index (χ1) is 9.71. The normalized spacial score (nSPS) is 11.9. The summed E-state index contributed by atoms with van der Waals surface area (Å²) >= 11 is 0. The zero-order valence-electron chi connectivity index (χ0n) is 12.5. The summed E-state index contributed by atoms with van der Waals surface area (Å²) in [5.41, 5.74) is -0.160. The average Bonchev–Trinajstić information content (AvgIpc) is 2.34. The number of ether oxygens (including phenoxy) is 2. The van der Waals surface area contributed by atoms with Gasteiger partial charge >= 0.3 is 12.1 Å². The number of esters is 1. The van der Waals surface area contributed by atoms with E-state index in [9.17, 15) is 14.7 Å². The molecule has 1 amide bonds. The van der Waals surface area contributed by atoms with E-state index in [1.54, 1.807) is 32.9 Å². The number of phenols is 1. The predicted molar refractivity (Wildman–Crippen MR) is 77.5 cm³/mol. The van der Waals surface area contributed by atoms with E-state index in [0.29, 0.717) is 5.56 Å². The lowest BCUT2D eigenvalue weighted by Gasteiger charge is -2.17. The molecular formula is C15H19NO5. The molecule has 0 bridgehead atoms. The number of aromatic hydroxyl groups is 1. The average molecular weight is 293 g/mol. The predicted octanol–water partition coefficient (Wildman–Crippen LogP) is 2.48. The second kappa shape index (κ2) is 6.88. The van der Waals surface area contributed by atoms with Crippen LogP contribution in [0.25, 0.3) is 0 Å². The van der Waals surface area contributed by atoms with E-state index in [-0.39, 0.29) is 17.9 Å². The summed E-state index contributed by atoms with van der Waals surface area (Å²) in [5, 5.41) is 9.41. The van der Waals surface area contributed by atoms with Gasteiger partial charge in [0.15, 0.2) is 0 Å². The van der Waals surface area contributed by atoms with E-state index in [4.69, 9.17) is 4.74 Å². The minimum atomic E-state index is -0.858. The lowest BCUT2D eigenvalue weighted by atomic mass is 10.1. The molecule has 1 aromatic rings. The molecule has 0 radical (unpaired) electrons. The maximum absolute atomic E-state index is 11.7. The van der Waals surface area contributed by atoms with Crippen LogP contribution in [0, 0.1) is 0 Å². The van der Waals surface area contributed by atoms with Gasteiger partial charge in [0.05, 0.1) is 7.11 Å². The summed E-state index contributed by atoms with van der Waals surface area (Å²) in [6, 6.07) is 6.32. The summed E-state index contributed by atoms with van der Waals surface area (Å²) in [4.78, 5) is 27.0. The van der Waals surface area contributed by atoms with Gasteiger partial charge in [0.25, 0.3) is 0 Å². The van der Waals surface area contributed by atoms with Gasteiger partial charge in [-0.1, -0.05) is 12.1 Å². The van der Waals surface area contributed by atoms with Gasteiger partial charge in [0.2, 0.25) is 0 Å². The molecule has 6 heteroatoms. The number of amides is 1. The van der Waals surface area contributed by atoms with Crippen LogP contribution < -0.4 is 0 Å². The minimum Gasteiger partial charge on any atom is -0.508 e. The number of benzene rings is 1. The molecule has 1 rings (SSSR count). The third-order valence-corrected chi connectivity index (χ3v) is 2.32. The largest absolute Gasteiger partial charge is 0.508 e. The number of hydrogen-bond donors (Lipinski definition) is 1. The molecule has 0 saturated carbocycles. The van der Waals surface area contributed by atoms with Crippen LogP contribution in [0.4, 0.5) is 4.79 Å². The summed E-state index contributed by atoms with van der Waals surface area (Å²) < 4.78 is 9.65. The Morgan fingerprint density at radius 2 is 1.95 bits per heavy atom. The SMILES string of the molecule is COC(=O)C(Cc1cccc(O)c1)=NC(=O)OC(C)(C)C. The monoisotopic (exact) mass is 293 g/mol. The number of carbonyl (C=O) groups is 2. The zero-order valence-corrected chi connectivity index (χ0v) is 12.5. The fourth-order valence-electron chi connectivity index (χ4n) is 1.53. The van der Waals surface area contributed by atoms with Crippen molar-refractivity contribution in [2.45, 2.75) is 32.8 Å². The topological polar surface area (TPSA) is 85.2 Å². The molecule has 0 aliphatic heterocycles. The van der Waals surface area contributed by atoms with Crippen molar-refractivity contribution in [1.82, 2.24) is 0 Å². The maximum atomic E-state index is 11.7. The molecule has 0 atom stereocenters. The van der Waals surface area contributed by atoms with Gasteiger partial charge < -0.3 is 14.6 Å². The molecule has 0 saturated heterocycles. The van der Waals surface area contributed by atoms with Crippen molar-refractivity contribution in [3.63, 3.8) is 0 Å². The Labute approximate surface area is 123 Å². The van der Waals surface area contributed by atoms with E-state index in [1.165, 1.54) is 19.2 Å². The lowest BCUT2D eigenvalue weighted by molar-refractivity contribution is -0.132. The summed E-state index contributed by atoms with van der Waals surface area (Å²) in [6.45, 7) is 5.11. The van der Waals surface area contributed by atoms with Crippen LogP contribution in [0.5, 0.6) is 5.75 Å². The molecule has 0 heterocycles.